The van der Waals surface area contributed by atoms with E-state index in [1.807, 2.05) is 35.2 Å². The summed E-state index contributed by atoms with van der Waals surface area (Å²) in [5.41, 5.74) is 6.69. The summed E-state index contributed by atoms with van der Waals surface area (Å²) in [5, 5.41) is 3.08. The Balaban J connectivity index is 0.00000225. The molecule has 2 fully saturated rings. The van der Waals surface area contributed by atoms with Gasteiger partial charge in [0.25, 0.3) is 5.91 Å². The van der Waals surface area contributed by atoms with Crippen molar-refractivity contribution < 1.29 is 9.59 Å². The standard InChI is InChI=1S/C19H27N3O2.ClH/c20-16-8-4-7-15(13-16)19(24)22-11-9-17(10-12-22)21-18(23)14-5-2-1-3-6-14;/h1-3,5-6,15-17H,4,7-13,20H2,(H,21,23);1H. The fourth-order valence-electron chi connectivity index (χ4n) is 3.81. The van der Waals surface area contributed by atoms with Gasteiger partial charge in [0.2, 0.25) is 5.91 Å². The van der Waals surface area contributed by atoms with E-state index in [0.717, 1.165) is 51.6 Å². The Labute approximate surface area is 155 Å². The van der Waals surface area contributed by atoms with Crippen molar-refractivity contribution in [3.63, 3.8) is 0 Å². The molecule has 0 radical (unpaired) electrons. The number of benzene rings is 1. The number of halogens is 1. The molecule has 0 spiro atoms. The first-order valence-electron chi connectivity index (χ1n) is 9.04. The molecule has 6 heteroatoms. The summed E-state index contributed by atoms with van der Waals surface area (Å²) in [6.07, 6.45) is 5.53. The van der Waals surface area contributed by atoms with Crippen LogP contribution in [-0.4, -0.2) is 41.9 Å². The van der Waals surface area contributed by atoms with Gasteiger partial charge in [-0.25, -0.2) is 0 Å². The largest absolute Gasteiger partial charge is 0.349 e. The molecular weight excluding hydrogens is 338 g/mol. The molecule has 3 N–H and O–H groups in total. The first-order chi connectivity index (χ1) is 11.6. The zero-order valence-electron chi connectivity index (χ0n) is 14.5. The minimum absolute atomic E-state index is 0. The monoisotopic (exact) mass is 365 g/mol. The van der Waals surface area contributed by atoms with E-state index < -0.39 is 0 Å². The maximum Gasteiger partial charge on any atom is 0.251 e. The van der Waals surface area contributed by atoms with Gasteiger partial charge in [-0.05, 0) is 44.2 Å². The SMILES string of the molecule is Cl.NC1CCCC(C(=O)N2CCC(NC(=O)c3ccccc3)CC2)C1. The molecule has 25 heavy (non-hydrogen) atoms. The molecule has 138 valence electrons. The Bertz CT molecular complexity index is 573. The second-order valence-corrected chi connectivity index (χ2v) is 7.06. The number of nitrogens with two attached hydrogens (primary N) is 1. The summed E-state index contributed by atoms with van der Waals surface area (Å²) < 4.78 is 0. The third-order valence-electron chi connectivity index (χ3n) is 5.24. The highest BCUT2D eigenvalue weighted by atomic mass is 35.5. The molecule has 2 aliphatic rings. The van der Waals surface area contributed by atoms with E-state index in [1.54, 1.807) is 0 Å². The van der Waals surface area contributed by atoms with Crippen LogP contribution in [0.2, 0.25) is 0 Å². The van der Waals surface area contributed by atoms with Gasteiger partial charge in [-0.2, -0.15) is 0 Å². The Morgan fingerprint density at radius 3 is 2.36 bits per heavy atom. The predicted molar refractivity (Wildman–Crippen MR) is 101 cm³/mol. The minimum atomic E-state index is -0.0290. The van der Waals surface area contributed by atoms with Crippen LogP contribution in [0.3, 0.4) is 0 Å². The van der Waals surface area contributed by atoms with Gasteiger partial charge in [0.1, 0.15) is 0 Å². The smallest absolute Gasteiger partial charge is 0.251 e. The van der Waals surface area contributed by atoms with Crippen molar-refractivity contribution in [2.75, 3.05) is 13.1 Å². The molecule has 1 saturated heterocycles. The first kappa shape index (κ1) is 19.7. The van der Waals surface area contributed by atoms with Gasteiger partial charge >= 0.3 is 0 Å². The van der Waals surface area contributed by atoms with E-state index >= 15 is 0 Å². The van der Waals surface area contributed by atoms with Gasteiger partial charge in [-0.15, -0.1) is 12.4 Å². The van der Waals surface area contributed by atoms with E-state index in [1.165, 1.54) is 0 Å². The van der Waals surface area contributed by atoms with E-state index in [9.17, 15) is 9.59 Å². The number of hydrogen-bond acceptors (Lipinski definition) is 3. The fourth-order valence-corrected chi connectivity index (χ4v) is 3.81. The first-order valence-corrected chi connectivity index (χ1v) is 9.04. The van der Waals surface area contributed by atoms with Gasteiger partial charge in [-0.3, -0.25) is 9.59 Å². The van der Waals surface area contributed by atoms with E-state index in [0.29, 0.717) is 5.56 Å². The Kier molecular flexibility index (Phi) is 7.26. The summed E-state index contributed by atoms with van der Waals surface area (Å²) in [6.45, 7) is 1.45. The normalized spacial score (nSPS) is 24.3. The van der Waals surface area contributed by atoms with Crippen molar-refractivity contribution in [2.24, 2.45) is 11.7 Å². The van der Waals surface area contributed by atoms with Crippen molar-refractivity contribution in [2.45, 2.75) is 50.6 Å². The molecule has 0 aromatic heterocycles. The number of carbonyl (C=O) groups excluding carboxylic acids is 2. The molecule has 1 aromatic carbocycles. The van der Waals surface area contributed by atoms with Gasteiger partial charge in [-0.1, -0.05) is 24.6 Å². The van der Waals surface area contributed by atoms with Crippen LogP contribution in [0.15, 0.2) is 30.3 Å². The number of nitrogens with zero attached hydrogens (tertiary/aromatic N) is 1. The van der Waals surface area contributed by atoms with Crippen LogP contribution in [0.5, 0.6) is 0 Å². The molecule has 5 nitrogen and oxygen atoms in total. The fraction of sp³-hybridized carbons (Fsp3) is 0.579. The molecule has 3 rings (SSSR count). The van der Waals surface area contributed by atoms with Crippen molar-refractivity contribution in [1.82, 2.24) is 10.2 Å². The number of amides is 2. The van der Waals surface area contributed by atoms with Crippen LogP contribution in [0.1, 0.15) is 48.9 Å². The highest BCUT2D eigenvalue weighted by molar-refractivity contribution is 5.94. The Hall–Kier alpha value is -1.59. The molecule has 1 heterocycles. The van der Waals surface area contributed by atoms with Crippen LogP contribution >= 0.6 is 12.4 Å². The van der Waals surface area contributed by atoms with Crippen molar-refractivity contribution >= 4 is 24.2 Å². The highest BCUT2D eigenvalue weighted by Gasteiger charge is 2.31. The van der Waals surface area contributed by atoms with E-state index in [-0.39, 0.29) is 42.2 Å². The van der Waals surface area contributed by atoms with E-state index in [2.05, 4.69) is 5.32 Å². The minimum Gasteiger partial charge on any atom is -0.349 e. The van der Waals surface area contributed by atoms with Crippen LogP contribution in [-0.2, 0) is 4.79 Å². The Morgan fingerprint density at radius 1 is 1.04 bits per heavy atom. The molecule has 1 aliphatic carbocycles. The summed E-state index contributed by atoms with van der Waals surface area (Å²) in [4.78, 5) is 26.8. The third-order valence-corrected chi connectivity index (χ3v) is 5.24. The van der Waals surface area contributed by atoms with Crippen LogP contribution in [0.25, 0.3) is 0 Å². The number of hydrogen-bond donors (Lipinski definition) is 2. The Morgan fingerprint density at radius 2 is 1.72 bits per heavy atom. The second kappa shape index (κ2) is 9.20. The lowest BCUT2D eigenvalue weighted by Gasteiger charge is -2.36. The molecule has 1 aliphatic heterocycles. The van der Waals surface area contributed by atoms with Gasteiger partial charge in [0.15, 0.2) is 0 Å². The number of rotatable bonds is 3. The number of likely N-dealkylation sites (tertiary alicyclic amines) is 1. The summed E-state index contributed by atoms with van der Waals surface area (Å²) in [7, 11) is 0. The number of piperidine rings is 1. The third kappa shape index (κ3) is 5.19. The number of nitrogens with one attached hydrogen (secondary N) is 1. The average molecular weight is 366 g/mol. The highest BCUT2D eigenvalue weighted by Crippen LogP contribution is 2.26. The number of carbonyl (C=O) groups is 2. The predicted octanol–water partition coefficient (Wildman–Crippen LogP) is 2.35. The van der Waals surface area contributed by atoms with Crippen molar-refractivity contribution in [3.05, 3.63) is 35.9 Å². The topological polar surface area (TPSA) is 75.4 Å². The quantitative estimate of drug-likeness (QED) is 0.863. The molecule has 2 amide bonds. The molecule has 1 aromatic rings. The maximum absolute atomic E-state index is 12.6. The van der Waals surface area contributed by atoms with Crippen molar-refractivity contribution in [3.8, 4) is 0 Å². The van der Waals surface area contributed by atoms with Gasteiger partial charge in [0, 0.05) is 36.7 Å². The van der Waals surface area contributed by atoms with Crippen molar-refractivity contribution in [1.29, 1.82) is 0 Å². The molecular formula is C19H28ClN3O2. The van der Waals surface area contributed by atoms with Crippen LogP contribution in [0.4, 0.5) is 0 Å². The van der Waals surface area contributed by atoms with Gasteiger partial charge in [0.05, 0.1) is 0 Å². The summed E-state index contributed by atoms with van der Waals surface area (Å²) >= 11 is 0. The lowest BCUT2D eigenvalue weighted by Crippen LogP contribution is -2.49. The summed E-state index contributed by atoms with van der Waals surface area (Å²) in [6, 6.07) is 9.60. The molecule has 2 unspecified atom stereocenters. The maximum atomic E-state index is 12.6. The zero-order valence-corrected chi connectivity index (χ0v) is 15.3. The van der Waals surface area contributed by atoms with E-state index in [4.69, 9.17) is 5.73 Å². The van der Waals surface area contributed by atoms with Crippen LogP contribution in [0, 0.1) is 5.92 Å². The van der Waals surface area contributed by atoms with Gasteiger partial charge < -0.3 is 16.0 Å². The van der Waals surface area contributed by atoms with Crippen LogP contribution < -0.4 is 11.1 Å². The zero-order chi connectivity index (χ0) is 16.9. The molecule has 2 atom stereocenters. The second-order valence-electron chi connectivity index (χ2n) is 7.06. The lowest BCUT2D eigenvalue weighted by atomic mass is 9.85. The molecule has 1 saturated carbocycles. The summed E-state index contributed by atoms with van der Waals surface area (Å²) in [5.74, 6) is 0.334. The average Bonchev–Trinajstić information content (AvgIpc) is 2.62. The molecule has 0 bridgehead atoms. The lowest BCUT2D eigenvalue weighted by molar-refractivity contribution is -0.137.